The van der Waals surface area contributed by atoms with E-state index < -0.39 is 0 Å². The van der Waals surface area contributed by atoms with Crippen molar-refractivity contribution in [2.45, 2.75) is 25.9 Å². The smallest absolute Gasteiger partial charge is 0.124 e. The van der Waals surface area contributed by atoms with Crippen LogP contribution in [0.3, 0.4) is 0 Å². The van der Waals surface area contributed by atoms with Crippen LogP contribution in [0.15, 0.2) is 35.3 Å². The Bertz CT molecular complexity index is 378. The first-order valence-corrected chi connectivity index (χ1v) is 6.58. The van der Waals surface area contributed by atoms with Crippen molar-refractivity contribution < 1.29 is 4.84 Å². The van der Waals surface area contributed by atoms with Crippen molar-refractivity contribution in [1.29, 1.82) is 0 Å². The average Bonchev–Trinajstić information content (AvgIpc) is 2.86. The fourth-order valence-corrected chi connectivity index (χ4v) is 1.97. The van der Waals surface area contributed by atoms with Crippen LogP contribution in [0, 0.1) is 0 Å². The van der Waals surface area contributed by atoms with Crippen LogP contribution in [-0.4, -0.2) is 30.5 Å². The maximum absolute atomic E-state index is 5.80. The molecule has 1 aromatic rings. The number of nitrogens with two attached hydrogens (primary N) is 1. The Kier molecular flexibility index (Phi) is 5.17. The molecule has 2 rings (SSSR count). The summed E-state index contributed by atoms with van der Waals surface area (Å²) >= 11 is 0. The van der Waals surface area contributed by atoms with Crippen molar-refractivity contribution in [2.24, 2.45) is 10.7 Å². The number of aliphatic imine (C=N–C) groups is 1. The van der Waals surface area contributed by atoms with Gasteiger partial charge in [-0.25, -0.2) is 5.06 Å². The zero-order valence-corrected chi connectivity index (χ0v) is 10.7. The number of hydrogen-bond acceptors (Lipinski definition) is 4. The van der Waals surface area contributed by atoms with Gasteiger partial charge in [-0.2, -0.15) is 0 Å². The van der Waals surface area contributed by atoms with Crippen molar-refractivity contribution >= 4 is 5.84 Å². The van der Waals surface area contributed by atoms with Crippen LogP contribution in [0.5, 0.6) is 0 Å². The second kappa shape index (κ2) is 7.13. The van der Waals surface area contributed by atoms with Gasteiger partial charge in [-0.3, -0.25) is 9.83 Å². The molecule has 0 atom stereocenters. The fraction of sp³-hybridized carbons (Fsp3) is 0.500. The minimum atomic E-state index is 0.608. The van der Waals surface area contributed by atoms with Crippen LogP contribution >= 0.6 is 0 Å². The molecule has 0 unspecified atom stereocenters. The van der Waals surface area contributed by atoms with Gasteiger partial charge in [0, 0.05) is 6.42 Å². The summed E-state index contributed by atoms with van der Waals surface area (Å²) in [5.41, 5.74) is 6.68. The largest absolute Gasteiger partial charge is 0.330 e. The molecule has 0 aromatic heterocycles. The van der Waals surface area contributed by atoms with E-state index in [-0.39, 0.29) is 0 Å². The van der Waals surface area contributed by atoms with Gasteiger partial charge in [0.15, 0.2) is 0 Å². The highest BCUT2D eigenvalue weighted by Crippen LogP contribution is 2.11. The molecule has 0 saturated heterocycles. The van der Waals surface area contributed by atoms with Crippen LogP contribution in [-0.2, 0) is 11.4 Å². The van der Waals surface area contributed by atoms with Crippen LogP contribution in [0.4, 0.5) is 0 Å². The van der Waals surface area contributed by atoms with E-state index in [9.17, 15) is 0 Å². The van der Waals surface area contributed by atoms with E-state index in [0.717, 1.165) is 44.7 Å². The Morgan fingerprint density at radius 2 is 2.06 bits per heavy atom. The first-order chi connectivity index (χ1) is 8.90. The number of benzene rings is 1. The lowest BCUT2D eigenvalue weighted by atomic mass is 10.2. The van der Waals surface area contributed by atoms with Gasteiger partial charge in [-0.1, -0.05) is 30.3 Å². The highest BCUT2D eigenvalue weighted by atomic mass is 16.7. The maximum Gasteiger partial charge on any atom is 0.124 e. The average molecular weight is 247 g/mol. The molecule has 18 heavy (non-hydrogen) atoms. The summed E-state index contributed by atoms with van der Waals surface area (Å²) in [6.45, 7) is 3.06. The summed E-state index contributed by atoms with van der Waals surface area (Å²) in [4.78, 5) is 10.3. The van der Waals surface area contributed by atoms with E-state index in [2.05, 4.69) is 17.1 Å². The van der Waals surface area contributed by atoms with E-state index >= 15 is 0 Å². The van der Waals surface area contributed by atoms with Gasteiger partial charge in [0.05, 0.1) is 19.7 Å². The topological polar surface area (TPSA) is 50.8 Å². The minimum absolute atomic E-state index is 0.608. The van der Waals surface area contributed by atoms with Gasteiger partial charge < -0.3 is 5.73 Å². The van der Waals surface area contributed by atoms with Crippen molar-refractivity contribution in [2.75, 3.05) is 19.6 Å². The molecule has 0 bridgehead atoms. The van der Waals surface area contributed by atoms with Crippen LogP contribution < -0.4 is 5.73 Å². The Labute approximate surface area is 108 Å². The SMILES string of the molecule is NCCCCC1=NCCN1OCc1ccccc1. The van der Waals surface area contributed by atoms with Crippen molar-refractivity contribution in [3.63, 3.8) is 0 Å². The predicted molar refractivity (Wildman–Crippen MR) is 73.1 cm³/mol. The molecule has 1 aliphatic rings. The van der Waals surface area contributed by atoms with Crippen molar-refractivity contribution in [3.8, 4) is 0 Å². The number of unbranched alkanes of at least 4 members (excludes halogenated alkanes) is 1. The summed E-state index contributed by atoms with van der Waals surface area (Å²) < 4.78 is 0. The molecule has 0 fully saturated rings. The number of rotatable bonds is 7. The fourth-order valence-electron chi connectivity index (χ4n) is 1.97. The minimum Gasteiger partial charge on any atom is -0.330 e. The van der Waals surface area contributed by atoms with E-state index in [1.807, 2.05) is 23.3 Å². The van der Waals surface area contributed by atoms with Gasteiger partial charge in [-0.05, 0) is 24.9 Å². The molecule has 0 spiro atoms. The second-order valence-electron chi connectivity index (χ2n) is 4.40. The van der Waals surface area contributed by atoms with Crippen molar-refractivity contribution in [1.82, 2.24) is 5.06 Å². The third kappa shape index (κ3) is 3.82. The lowest BCUT2D eigenvalue weighted by Gasteiger charge is -2.19. The summed E-state index contributed by atoms with van der Waals surface area (Å²) in [7, 11) is 0. The molecule has 2 N–H and O–H groups in total. The molecular formula is C14H21N3O. The molecule has 0 radical (unpaired) electrons. The summed E-state index contributed by atoms with van der Waals surface area (Å²) in [6, 6.07) is 10.2. The standard InChI is InChI=1S/C14H21N3O/c15-9-5-4-8-14-16-10-11-17(14)18-12-13-6-2-1-3-7-13/h1-3,6-7H,4-5,8-12,15H2. The second-order valence-corrected chi connectivity index (χ2v) is 4.40. The number of hydrogen-bond donors (Lipinski definition) is 1. The number of nitrogens with zero attached hydrogens (tertiary/aromatic N) is 2. The van der Waals surface area contributed by atoms with Gasteiger partial charge >= 0.3 is 0 Å². The summed E-state index contributed by atoms with van der Waals surface area (Å²) in [6.07, 6.45) is 3.10. The maximum atomic E-state index is 5.80. The Balaban J connectivity index is 1.77. The Morgan fingerprint density at radius 1 is 1.22 bits per heavy atom. The van der Waals surface area contributed by atoms with Gasteiger partial charge in [0.1, 0.15) is 5.84 Å². The van der Waals surface area contributed by atoms with Gasteiger partial charge in [0.2, 0.25) is 0 Å². The van der Waals surface area contributed by atoms with Crippen LogP contribution in [0.2, 0.25) is 0 Å². The lowest BCUT2D eigenvalue weighted by molar-refractivity contribution is -0.104. The van der Waals surface area contributed by atoms with Crippen LogP contribution in [0.25, 0.3) is 0 Å². The van der Waals surface area contributed by atoms with Crippen LogP contribution in [0.1, 0.15) is 24.8 Å². The molecule has 1 aliphatic heterocycles. The van der Waals surface area contributed by atoms with Gasteiger partial charge in [-0.15, -0.1) is 0 Å². The highest BCUT2D eigenvalue weighted by Gasteiger charge is 2.16. The third-order valence-corrected chi connectivity index (χ3v) is 2.97. The Morgan fingerprint density at radius 3 is 2.83 bits per heavy atom. The first kappa shape index (κ1) is 13.1. The molecule has 1 aromatic carbocycles. The highest BCUT2D eigenvalue weighted by molar-refractivity contribution is 5.82. The lowest BCUT2D eigenvalue weighted by Crippen LogP contribution is -2.28. The summed E-state index contributed by atoms with van der Waals surface area (Å²) in [5.74, 6) is 1.07. The molecule has 4 heteroatoms. The van der Waals surface area contributed by atoms with Crippen molar-refractivity contribution in [3.05, 3.63) is 35.9 Å². The zero-order valence-electron chi connectivity index (χ0n) is 10.7. The predicted octanol–water partition coefficient (Wildman–Crippen LogP) is 1.96. The van der Waals surface area contributed by atoms with E-state index in [4.69, 9.17) is 10.6 Å². The molecule has 4 nitrogen and oxygen atoms in total. The first-order valence-electron chi connectivity index (χ1n) is 6.58. The molecular weight excluding hydrogens is 226 g/mol. The van der Waals surface area contributed by atoms with E-state index in [1.165, 1.54) is 5.56 Å². The molecule has 0 aliphatic carbocycles. The normalized spacial score (nSPS) is 14.9. The van der Waals surface area contributed by atoms with Gasteiger partial charge in [0.25, 0.3) is 0 Å². The zero-order chi connectivity index (χ0) is 12.6. The quantitative estimate of drug-likeness (QED) is 0.749. The molecule has 1 heterocycles. The molecule has 0 amide bonds. The number of hydroxylamine groups is 2. The molecule has 98 valence electrons. The number of amidine groups is 1. The summed E-state index contributed by atoms with van der Waals surface area (Å²) in [5, 5.41) is 1.93. The third-order valence-electron chi connectivity index (χ3n) is 2.97. The molecule has 0 saturated carbocycles. The monoisotopic (exact) mass is 247 g/mol. The van der Waals surface area contributed by atoms with E-state index in [0.29, 0.717) is 6.61 Å². The van der Waals surface area contributed by atoms with E-state index in [1.54, 1.807) is 0 Å². The Hall–Kier alpha value is -1.39.